The van der Waals surface area contributed by atoms with E-state index in [-0.39, 0.29) is 24.7 Å². The largest absolute Gasteiger partial charge is 0.481 e. The predicted molar refractivity (Wildman–Crippen MR) is 124 cm³/mol. The Morgan fingerprint density at radius 3 is 2.81 bits per heavy atom. The average molecular weight is 434 g/mol. The zero-order valence-electron chi connectivity index (χ0n) is 18.0. The molecule has 1 aliphatic heterocycles. The van der Waals surface area contributed by atoms with E-state index in [0.29, 0.717) is 12.0 Å². The van der Waals surface area contributed by atoms with Gasteiger partial charge in [-0.1, -0.05) is 25.1 Å². The topological polar surface area (TPSA) is 116 Å². The first-order valence-corrected chi connectivity index (χ1v) is 10.8. The number of carboxylic acid groups (broad SMARTS) is 1. The van der Waals surface area contributed by atoms with Crippen molar-refractivity contribution < 1.29 is 14.7 Å². The molecule has 4 N–H and O–H groups in total. The normalized spacial score (nSPS) is 14.5. The summed E-state index contributed by atoms with van der Waals surface area (Å²) in [6.45, 7) is 3.74. The summed E-state index contributed by atoms with van der Waals surface area (Å²) in [5.41, 5.74) is 3.43. The number of aromatic nitrogens is 2. The van der Waals surface area contributed by atoms with Crippen molar-refractivity contribution in [1.82, 2.24) is 15.3 Å². The van der Waals surface area contributed by atoms with Gasteiger partial charge in [0.1, 0.15) is 5.82 Å². The van der Waals surface area contributed by atoms with Crippen LogP contribution in [-0.2, 0) is 9.59 Å². The molecule has 32 heavy (non-hydrogen) atoms. The number of hydrogen-bond acceptors (Lipinski definition) is 6. The number of carbonyl (C=O) groups is 2. The van der Waals surface area contributed by atoms with Gasteiger partial charge in [-0.15, -0.1) is 0 Å². The van der Waals surface area contributed by atoms with Crippen LogP contribution in [0.3, 0.4) is 0 Å². The van der Waals surface area contributed by atoms with Gasteiger partial charge in [0.25, 0.3) is 0 Å². The van der Waals surface area contributed by atoms with Gasteiger partial charge in [0.15, 0.2) is 0 Å². The van der Waals surface area contributed by atoms with Crippen LogP contribution in [0.4, 0.5) is 11.5 Å². The number of benzene rings is 1. The van der Waals surface area contributed by atoms with E-state index in [1.54, 1.807) is 6.20 Å². The van der Waals surface area contributed by atoms with Gasteiger partial charge in [-0.25, -0.2) is 4.98 Å². The molecule has 1 amide bonds. The molecule has 3 aromatic rings. The van der Waals surface area contributed by atoms with E-state index in [9.17, 15) is 14.7 Å². The van der Waals surface area contributed by atoms with Gasteiger partial charge in [-0.2, -0.15) is 0 Å². The Morgan fingerprint density at radius 1 is 1.16 bits per heavy atom. The number of nitrogens with one attached hydrogen (secondary N) is 3. The Kier molecular flexibility index (Phi) is 6.49. The van der Waals surface area contributed by atoms with Crippen molar-refractivity contribution in [2.24, 2.45) is 0 Å². The fraction of sp³-hybridized carbons (Fsp3) is 0.333. The molecule has 0 spiro atoms. The lowest BCUT2D eigenvalue weighted by Gasteiger charge is -2.21. The molecule has 0 radical (unpaired) electrons. The molecule has 3 heterocycles. The first-order valence-electron chi connectivity index (χ1n) is 10.8. The van der Waals surface area contributed by atoms with Crippen molar-refractivity contribution >= 4 is 34.3 Å². The number of amides is 1. The van der Waals surface area contributed by atoms with Crippen LogP contribution in [0, 0.1) is 0 Å². The molecule has 8 nitrogen and oxygen atoms in total. The number of carboxylic acids is 1. The highest BCUT2D eigenvalue weighted by molar-refractivity contribution is 5.80. The minimum atomic E-state index is -0.976. The molecule has 2 unspecified atom stereocenters. The number of para-hydroxylation sites is 1. The third kappa shape index (κ3) is 5.14. The number of hydrogen-bond donors (Lipinski definition) is 4. The van der Waals surface area contributed by atoms with Gasteiger partial charge in [0, 0.05) is 36.8 Å². The molecule has 1 aliphatic rings. The molecule has 1 aromatic carbocycles. The van der Waals surface area contributed by atoms with Crippen LogP contribution >= 0.6 is 0 Å². The zero-order valence-corrected chi connectivity index (χ0v) is 18.0. The molecule has 0 bridgehead atoms. The fourth-order valence-electron chi connectivity index (χ4n) is 3.87. The lowest BCUT2D eigenvalue weighted by atomic mass is 9.99. The number of rotatable bonds is 8. The lowest BCUT2D eigenvalue weighted by molar-refractivity contribution is -0.137. The third-order valence-corrected chi connectivity index (χ3v) is 5.69. The van der Waals surface area contributed by atoms with Gasteiger partial charge in [0.2, 0.25) is 5.91 Å². The summed E-state index contributed by atoms with van der Waals surface area (Å²) >= 11 is 0. The predicted octanol–water partition coefficient (Wildman–Crippen LogP) is 3.68. The van der Waals surface area contributed by atoms with Crippen LogP contribution in [0.5, 0.6) is 0 Å². The lowest BCUT2D eigenvalue weighted by Crippen LogP contribution is -2.30. The third-order valence-electron chi connectivity index (χ3n) is 5.69. The van der Waals surface area contributed by atoms with E-state index in [0.717, 1.165) is 41.2 Å². The van der Waals surface area contributed by atoms with Crippen molar-refractivity contribution in [3.05, 3.63) is 59.9 Å². The van der Waals surface area contributed by atoms with E-state index in [2.05, 4.69) is 25.9 Å². The summed E-state index contributed by atoms with van der Waals surface area (Å²) in [6.07, 6.45) is 2.33. The second kappa shape index (κ2) is 9.64. The van der Waals surface area contributed by atoms with Gasteiger partial charge in [-0.3, -0.25) is 14.6 Å². The minimum Gasteiger partial charge on any atom is -0.481 e. The maximum atomic E-state index is 12.7. The Bertz CT molecular complexity index is 1130. The van der Waals surface area contributed by atoms with E-state index < -0.39 is 12.0 Å². The van der Waals surface area contributed by atoms with Crippen molar-refractivity contribution in [1.29, 1.82) is 0 Å². The van der Waals surface area contributed by atoms with E-state index in [1.165, 1.54) is 0 Å². The maximum absolute atomic E-state index is 12.7. The molecule has 0 aliphatic carbocycles. The zero-order chi connectivity index (χ0) is 22.5. The minimum absolute atomic E-state index is 0.0926. The van der Waals surface area contributed by atoms with Crippen LogP contribution in [0.1, 0.15) is 49.4 Å². The molecule has 2 atom stereocenters. The van der Waals surface area contributed by atoms with Crippen LogP contribution in [0.15, 0.2) is 48.7 Å². The Morgan fingerprint density at radius 2 is 1.97 bits per heavy atom. The molecule has 166 valence electrons. The summed E-state index contributed by atoms with van der Waals surface area (Å²) in [5.74, 6) is -0.226. The van der Waals surface area contributed by atoms with Crippen molar-refractivity contribution in [3.8, 4) is 0 Å². The van der Waals surface area contributed by atoms with Crippen molar-refractivity contribution in [2.45, 2.75) is 38.1 Å². The highest BCUT2D eigenvalue weighted by Gasteiger charge is 2.20. The maximum Gasteiger partial charge on any atom is 0.305 e. The first kappa shape index (κ1) is 21.5. The summed E-state index contributed by atoms with van der Waals surface area (Å²) in [5, 5.41) is 19.7. The Balaban J connectivity index is 1.40. The highest BCUT2D eigenvalue weighted by atomic mass is 16.4. The molecular formula is C24H27N5O3. The van der Waals surface area contributed by atoms with Crippen LogP contribution in [-0.4, -0.2) is 40.0 Å². The Labute approximate surface area is 186 Å². The number of pyridine rings is 2. The van der Waals surface area contributed by atoms with Crippen LogP contribution in [0.25, 0.3) is 10.9 Å². The van der Waals surface area contributed by atoms with Crippen molar-refractivity contribution in [3.63, 3.8) is 0 Å². The monoisotopic (exact) mass is 433 g/mol. The molecule has 0 fully saturated rings. The highest BCUT2D eigenvalue weighted by Crippen LogP contribution is 2.27. The average Bonchev–Trinajstić information content (AvgIpc) is 2.81. The van der Waals surface area contributed by atoms with E-state index in [4.69, 9.17) is 0 Å². The SMILES string of the molecule is CC(CCC(=O)NC(CC(=O)O)c1cnc2ccccc2c1)c1ccc2c(n1)NCCN2. The van der Waals surface area contributed by atoms with Crippen molar-refractivity contribution in [2.75, 3.05) is 23.7 Å². The standard InChI is InChI=1S/C24H27N5O3/c1-15(18-7-8-20-24(29-18)26-11-10-25-20)6-9-22(30)28-21(13-23(31)32)17-12-16-4-2-3-5-19(16)27-14-17/h2-5,7-8,12,14-15,21,25H,6,9-11,13H2,1H3,(H,26,29)(H,28,30)(H,31,32). The molecule has 0 saturated carbocycles. The fourth-order valence-corrected chi connectivity index (χ4v) is 3.87. The second-order valence-corrected chi connectivity index (χ2v) is 8.10. The number of carbonyl (C=O) groups excluding carboxylic acids is 1. The van der Waals surface area contributed by atoms with Gasteiger partial charge in [-0.05, 0) is 42.2 Å². The molecule has 8 heteroatoms. The molecule has 4 rings (SSSR count). The van der Waals surface area contributed by atoms with Gasteiger partial charge >= 0.3 is 5.97 Å². The Hall–Kier alpha value is -3.68. The van der Waals surface area contributed by atoms with E-state index >= 15 is 0 Å². The summed E-state index contributed by atoms with van der Waals surface area (Å²) in [4.78, 5) is 33.2. The van der Waals surface area contributed by atoms with Gasteiger partial charge < -0.3 is 21.1 Å². The summed E-state index contributed by atoms with van der Waals surface area (Å²) in [6, 6.07) is 12.9. The number of fused-ring (bicyclic) bond motifs is 2. The molecule has 0 saturated heterocycles. The second-order valence-electron chi connectivity index (χ2n) is 8.10. The molecule has 2 aromatic heterocycles. The number of nitrogens with zero attached hydrogens (tertiary/aromatic N) is 2. The summed E-state index contributed by atoms with van der Waals surface area (Å²) < 4.78 is 0. The molecular weight excluding hydrogens is 406 g/mol. The van der Waals surface area contributed by atoms with E-state index in [1.807, 2.05) is 49.4 Å². The number of anilines is 2. The van der Waals surface area contributed by atoms with Crippen LogP contribution < -0.4 is 16.0 Å². The van der Waals surface area contributed by atoms with Gasteiger partial charge in [0.05, 0.1) is 23.7 Å². The first-order chi connectivity index (χ1) is 15.5. The smallest absolute Gasteiger partial charge is 0.305 e. The summed E-state index contributed by atoms with van der Waals surface area (Å²) in [7, 11) is 0. The quantitative estimate of drug-likeness (QED) is 0.428. The number of aliphatic carboxylic acids is 1. The van der Waals surface area contributed by atoms with Crippen LogP contribution in [0.2, 0.25) is 0 Å².